The van der Waals surface area contributed by atoms with Gasteiger partial charge in [-0.1, -0.05) is 36.7 Å². The predicted octanol–water partition coefficient (Wildman–Crippen LogP) is 4.28. The minimum absolute atomic E-state index is 0.0852. The van der Waals surface area contributed by atoms with Gasteiger partial charge in [-0.3, -0.25) is 0 Å². The molecule has 0 radical (unpaired) electrons. The smallest absolute Gasteiger partial charge is 0.0503 e. The average molecular weight is 281 g/mol. The monoisotopic (exact) mass is 280 g/mol. The maximum absolute atomic E-state index is 9.58. The number of hydrogen-bond acceptors (Lipinski definition) is 2. The van der Waals surface area contributed by atoms with Gasteiger partial charge >= 0.3 is 0 Å². The summed E-state index contributed by atoms with van der Waals surface area (Å²) in [7, 11) is 0. The van der Waals surface area contributed by atoms with Gasteiger partial charge in [0.05, 0.1) is 6.61 Å². The van der Waals surface area contributed by atoms with E-state index in [1.807, 2.05) is 35.6 Å². The molecule has 1 aromatic heterocycles. The highest BCUT2D eigenvalue weighted by Gasteiger charge is 2.15. The second kappa shape index (κ2) is 6.37. The van der Waals surface area contributed by atoms with E-state index in [2.05, 4.69) is 19.1 Å². The van der Waals surface area contributed by atoms with Crippen molar-refractivity contribution in [3.8, 4) is 0 Å². The minimum Gasteiger partial charge on any atom is -0.396 e. The maximum atomic E-state index is 9.58. The van der Waals surface area contributed by atoms with Crippen molar-refractivity contribution < 1.29 is 5.11 Å². The molecule has 2 rings (SSSR count). The third kappa shape index (κ3) is 3.14. The molecular weight excluding hydrogens is 264 g/mol. The van der Waals surface area contributed by atoms with Crippen LogP contribution in [0, 0.1) is 0 Å². The van der Waals surface area contributed by atoms with Crippen molar-refractivity contribution in [2.75, 3.05) is 6.61 Å². The Labute approximate surface area is 117 Å². The van der Waals surface area contributed by atoms with Gasteiger partial charge in [0, 0.05) is 20.7 Å². The number of aliphatic hydroxyl groups excluding tert-OH is 1. The molecule has 1 unspecified atom stereocenters. The lowest BCUT2D eigenvalue weighted by molar-refractivity contribution is 0.265. The number of aliphatic hydroxyl groups is 1. The van der Waals surface area contributed by atoms with Gasteiger partial charge in [0.2, 0.25) is 0 Å². The molecule has 18 heavy (non-hydrogen) atoms. The van der Waals surface area contributed by atoms with E-state index in [-0.39, 0.29) is 12.5 Å². The Kier molecular flexibility index (Phi) is 4.81. The van der Waals surface area contributed by atoms with Crippen LogP contribution in [0.5, 0.6) is 0 Å². The zero-order chi connectivity index (χ0) is 13.0. The first kappa shape index (κ1) is 13.6. The molecule has 0 aliphatic carbocycles. The lowest BCUT2D eigenvalue weighted by Gasteiger charge is -2.15. The first-order chi connectivity index (χ1) is 8.74. The number of halogens is 1. The van der Waals surface area contributed by atoms with Crippen LogP contribution < -0.4 is 0 Å². The summed E-state index contributed by atoms with van der Waals surface area (Å²) < 4.78 is 0. The number of benzene rings is 1. The summed E-state index contributed by atoms with van der Waals surface area (Å²) in [5.41, 5.74) is 1.04. The molecular formula is C15H17ClOS. The van der Waals surface area contributed by atoms with Crippen LogP contribution in [-0.2, 0) is 12.8 Å². The van der Waals surface area contributed by atoms with E-state index in [0.29, 0.717) is 0 Å². The molecule has 0 bridgehead atoms. The SMILES string of the molecule is CCc1ccc(CC(CO)c2ccccc2Cl)s1. The van der Waals surface area contributed by atoms with Gasteiger partial charge in [-0.2, -0.15) is 0 Å². The molecule has 0 spiro atoms. The highest BCUT2D eigenvalue weighted by molar-refractivity contribution is 7.11. The van der Waals surface area contributed by atoms with E-state index in [0.717, 1.165) is 23.4 Å². The fourth-order valence-electron chi connectivity index (χ4n) is 2.04. The summed E-state index contributed by atoms with van der Waals surface area (Å²) in [4.78, 5) is 2.70. The van der Waals surface area contributed by atoms with Gasteiger partial charge in [-0.15, -0.1) is 11.3 Å². The second-order valence-electron chi connectivity index (χ2n) is 4.33. The zero-order valence-corrected chi connectivity index (χ0v) is 12.0. The van der Waals surface area contributed by atoms with Crippen LogP contribution in [-0.4, -0.2) is 11.7 Å². The molecule has 1 heterocycles. The van der Waals surface area contributed by atoms with E-state index in [1.165, 1.54) is 9.75 Å². The summed E-state index contributed by atoms with van der Waals surface area (Å²) in [6.45, 7) is 2.29. The molecule has 1 N–H and O–H groups in total. The lowest BCUT2D eigenvalue weighted by Crippen LogP contribution is -2.07. The molecule has 96 valence electrons. The Morgan fingerprint density at radius 2 is 1.89 bits per heavy atom. The fraction of sp³-hybridized carbons (Fsp3) is 0.333. The summed E-state index contributed by atoms with van der Waals surface area (Å²) in [6.07, 6.45) is 1.92. The maximum Gasteiger partial charge on any atom is 0.0503 e. The number of thiophene rings is 1. The summed E-state index contributed by atoms with van der Waals surface area (Å²) in [5.74, 6) is 0.0852. The molecule has 0 amide bonds. The summed E-state index contributed by atoms with van der Waals surface area (Å²) in [5, 5.41) is 10.3. The van der Waals surface area contributed by atoms with Gasteiger partial charge in [0.1, 0.15) is 0 Å². The first-order valence-corrected chi connectivity index (χ1v) is 7.37. The fourth-order valence-corrected chi connectivity index (χ4v) is 3.37. The van der Waals surface area contributed by atoms with Crippen LogP contribution in [0.4, 0.5) is 0 Å². The molecule has 1 aromatic carbocycles. The van der Waals surface area contributed by atoms with Crippen molar-refractivity contribution in [2.24, 2.45) is 0 Å². The van der Waals surface area contributed by atoms with Crippen LogP contribution in [0.25, 0.3) is 0 Å². The average Bonchev–Trinajstić information content (AvgIpc) is 2.85. The van der Waals surface area contributed by atoms with Crippen molar-refractivity contribution in [3.05, 3.63) is 56.7 Å². The predicted molar refractivity (Wildman–Crippen MR) is 78.7 cm³/mol. The highest BCUT2D eigenvalue weighted by Crippen LogP contribution is 2.29. The highest BCUT2D eigenvalue weighted by atomic mass is 35.5. The Bertz CT molecular complexity index is 507. The number of aryl methyl sites for hydroxylation is 1. The molecule has 0 aliphatic rings. The van der Waals surface area contributed by atoms with Crippen molar-refractivity contribution >= 4 is 22.9 Å². The molecule has 0 saturated carbocycles. The molecule has 2 aromatic rings. The van der Waals surface area contributed by atoms with Crippen LogP contribution in [0.15, 0.2) is 36.4 Å². The van der Waals surface area contributed by atoms with E-state index in [1.54, 1.807) is 0 Å². The summed E-state index contributed by atoms with van der Waals surface area (Å²) in [6, 6.07) is 12.1. The summed E-state index contributed by atoms with van der Waals surface area (Å²) >= 11 is 8.01. The topological polar surface area (TPSA) is 20.2 Å². The van der Waals surface area contributed by atoms with Crippen LogP contribution >= 0.6 is 22.9 Å². The van der Waals surface area contributed by atoms with Crippen molar-refractivity contribution in [3.63, 3.8) is 0 Å². The Morgan fingerprint density at radius 3 is 2.50 bits per heavy atom. The van der Waals surface area contributed by atoms with Crippen LogP contribution in [0.3, 0.4) is 0 Å². The van der Waals surface area contributed by atoms with Crippen LogP contribution in [0.1, 0.15) is 28.2 Å². The number of rotatable bonds is 5. The van der Waals surface area contributed by atoms with E-state index in [4.69, 9.17) is 11.6 Å². The molecule has 1 nitrogen and oxygen atoms in total. The van der Waals surface area contributed by atoms with Crippen LogP contribution in [0.2, 0.25) is 5.02 Å². The third-order valence-corrected chi connectivity index (χ3v) is 4.67. The standard InChI is InChI=1S/C15H17ClOS/c1-2-12-7-8-13(18-12)9-11(10-17)14-5-3-4-6-15(14)16/h3-8,11,17H,2,9-10H2,1H3. The van der Waals surface area contributed by atoms with Gasteiger partial charge in [-0.25, -0.2) is 0 Å². The van der Waals surface area contributed by atoms with Crippen molar-refractivity contribution in [2.45, 2.75) is 25.7 Å². The van der Waals surface area contributed by atoms with Crippen molar-refractivity contribution in [1.29, 1.82) is 0 Å². The first-order valence-electron chi connectivity index (χ1n) is 6.17. The Morgan fingerprint density at radius 1 is 1.17 bits per heavy atom. The zero-order valence-electron chi connectivity index (χ0n) is 10.4. The molecule has 1 atom stereocenters. The van der Waals surface area contributed by atoms with Crippen molar-refractivity contribution in [1.82, 2.24) is 0 Å². The normalized spacial score (nSPS) is 12.6. The van der Waals surface area contributed by atoms with E-state index < -0.39 is 0 Å². The minimum atomic E-state index is 0.0852. The molecule has 0 saturated heterocycles. The second-order valence-corrected chi connectivity index (χ2v) is 5.99. The van der Waals surface area contributed by atoms with Gasteiger partial charge in [-0.05, 0) is 36.6 Å². The van der Waals surface area contributed by atoms with Gasteiger partial charge < -0.3 is 5.11 Å². The van der Waals surface area contributed by atoms with Gasteiger partial charge in [0.25, 0.3) is 0 Å². The lowest BCUT2D eigenvalue weighted by atomic mass is 9.96. The number of hydrogen-bond donors (Lipinski definition) is 1. The third-order valence-electron chi connectivity index (χ3n) is 3.08. The Hall–Kier alpha value is -0.830. The van der Waals surface area contributed by atoms with E-state index in [9.17, 15) is 5.11 Å². The molecule has 0 fully saturated rings. The van der Waals surface area contributed by atoms with Gasteiger partial charge in [0.15, 0.2) is 0 Å². The molecule has 3 heteroatoms. The Balaban J connectivity index is 2.17. The van der Waals surface area contributed by atoms with E-state index >= 15 is 0 Å². The largest absolute Gasteiger partial charge is 0.396 e. The molecule has 0 aliphatic heterocycles. The quantitative estimate of drug-likeness (QED) is 0.867.